The number of amides is 2. The number of carboxylic acid groups (broad SMARTS) is 1. The van der Waals surface area contributed by atoms with Crippen LogP contribution in [0.4, 0.5) is 5.69 Å². The minimum Gasteiger partial charge on any atom is -0.493 e. The van der Waals surface area contributed by atoms with E-state index in [1.54, 1.807) is 24.4 Å². The molecule has 3 N–H and O–H groups in total. The van der Waals surface area contributed by atoms with Gasteiger partial charge in [0.25, 0.3) is 5.91 Å². The van der Waals surface area contributed by atoms with E-state index in [0.717, 1.165) is 68.6 Å². The van der Waals surface area contributed by atoms with Gasteiger partial charge in [-0.05, 0) is 96.8 Å². The molecular formula is C43H43N5O5. The number of carbonyl (C=O) groups is 3. The minimum absolute atomic E-state index is 0.0971. The number of aromatic amines is 1. The molecule has 0 radical (unpaired) electrons. The fraction of sp³-hybridized carbons (Fsp3) is 0.256. The van der Waals surface area contributed by atoms with Crippen LogP contribution in [0.1, 0.15) is 57.4 Å². The number of nitrogens with one attached hydrogen (secondary N) is 2. The average Bonchev–Trinajstić information content (AvgIpc) is 3.81. The van der Waals surface area contributed by atoms with E-state index in [4.69, 9.17) is 4.74 Å². The zero-order valence-corrected chi connectivity index (χ0v) is 30.0. The summed E-state index contributed by atoms with van der Waals surface area (Å²) in [4.78, 5) is 43.9. The average molecular weight is 710 g/mol. The number of hydrogen-bond acceptors (Lipinski definition) is 5. The topological polar surface area (TPSA) is 130 Å². The van der Waals surface area contributed by atoms with Crippen molar-refractivity contribution < 1.29 is 24.2 Å². The molecule has 0 spiro atoms. The monoisotopic (exact) mass is 709 g/mol. The minimum atomic E-state index is -1.10. The molecule has 2 amide bonds. The van der Waals surface area contributed by atoms with Crippen molar-refractivity contribution in [2.45, 2.75) is 58.5 Å². The third kappa shape index (κ3) is 7.86. The smallest absolute Gasteiger partial charge is 0.326 e. The number of benzene rings is 4. The molecule has 4 aromatic carbocycles. The zero-order chi connectivity index (χ0) is 36.9. The lowest BCUT2D eigenvalue weighted by molar-refractivity contribution is -0.139. The quantitative estimate of drug-likeness (QED) is 0.108. The van der Waals surface area contributed by atoms with Gasteiger partial charge in [0.05, 0.1) is 19.3 Å². The van der Waals surface area contributed by atoms with Gasteiger partial charge in [-0.15, -0.1) is 0 Å². The van der Waals surface area contributed by atoms with E-state index in [9.17, 15) is 19.5 Å². The number of anilines is 1. The molecule has 0 fully saturated rings. The third-order valence-corrected chi connectivity index (χ3v) is 10.1. The molecular weight excluding hydrogens is 667 g/mol. The first kappa shape index (κ1) is 35.3. The first-order valence-electron chi connectivity index (χ1n) is 18.1. The molecule has 270 valence electrons. The van der Waals surface area contributed by atoms with Crippen LogP contribution in [-0.4, -0.2) is 56.8 Å². The van der Waals surface area contributed by atoms with Crippen molar-refractivity contribution in [2.75, 3.05) is 18.1 Å². The largest absolute Gasteiger partial charge is 0.493 e. The van der Waals surface area contributed by atoms with Crippen LogP contribution in [0.25, 0.3) is 22.0 Å². The Balaban J connectivity index is 0.990. The fourth-order valence-corrected chi connectivity index (χ4v) is 7.12. The van der Waals surface area contributed by atoms with Gasteiger partial charge < -0.3 is 25.0 Å². The molecule has 1 aliphatic rings. The van der Waals surface area contributed by atoms with Crippen molar-refractivity contribution in [3.63, 3.8) is 0 Å². The van der Waals surface area contributed by atoms with E-state index < -0.39 is 17.9 Å². The maximum absolute atomic E-state index is 13.4. The van der Waals surface area contributed by atoms with Gasteiger partial charge in [0, 0.05) is 59.5 Å². The van der Waals surface area contributed by atoms with Gasteiger partial charge in [-0.1, -0.05) is 54.6 Å². The van der Waals surface area contributed by atoms with Crippen LogP contribution in [0.3, 0.4) is 0 Å². The standard InChI is InChI=1S/C43H43N5O5/c1-28-10-5-18-40(29(28)2)53-21-9-19-41(49)48-20-8-15-36-34(14-7-17-39(36)48)33-25-45-47(27-33)26-30-11-6-12-31(22-30)42(50)46-38(43(51)52)23-32-24-44-37-16-4-3-13-35(32)37/h3-7,10-14,16-18,22,24-25,27,38,44H,8-9,15,19-21,23,26H2,1-2H3,(H,46,50)(H,51,52)/t38-/m0/s1. The van der Waals surface area contributed by atoms with Crippen LogP contribution in [0.15, 0.2) is 104 Å². The van der Waals surface area contributed by atoms with E-state index in [0.29, 0.717) is 38.1 Å². The molecule has 1 aliphatic heterocycles. The second kappa shape index (κ2) is 15.6. The summed E-state index contributed by atoms with van der Waals surface area (Å²) < 4.78 is 7.82. The maximum Gasteiger partial charge on any atom is 0.326 e. The maximum atomic E-state index is 13.4. The van der Waals surface area contributed by atoms with E-state index in [1.807, 2.05) is 76.6 Å². The van der Waals surface area contributed by atoms with E-state index in [2.05, 4.69) is 41.4 Å². The lowest BCUT2D eigenvalue weighted by Gasteiger charge is -2.31. The molecule has 1 atom stereocenters. The zero-order valence-electron chi connectivity index (χ0n) is 30.0. The SMILES string of the molecule is Cc1cccc(OCCCC(=O)N2CCCc3c(-c4cnn(Cc5cccc(C(=O)N[C@@H](Cc6c[nH]c7ccccc67)C(=O)O)c5)c4)cccc32)c1C. The fourth-order valence-electron chi connectivity index (χ4n) is 7.12. The predicted octanol–water partition coefficient (Wildman–Crippen LogP) is 7.26. The summed E-state index contributed by atoms with van der Waals surface area (Å²) in [5.41, 5.74) is 9.36. The van der Waals surface area contributed by atoms with Gasteiger partial charge in [-0.25, -0.2) is 4.79 Å². The first-order valence-corrected chi connectivity index (χ1v) is 18.1. The normalized spacial score (nSPS) is 13.1. The van der Waals surface area contributed by atoms with Crippen LogP contribution in [0.5, 0.6) is 5.75 Å². The van der Waals surface area contributed by atoms with Gasteiger partial charge in [0.2, 0.25) is 5.91 Å². The van der Waals surface area contributed by atoms with Gasteiger partial charge in [0.15, 0.2) is 0 Å². The number of nitrogens with zero attached hydrogens (tertiary/aromatic N) is 3. The highest BCUT2D eigenvalue weighted by atomic mass is 16.5. The van der Waals surface area contributed by atoms with Gasteiger partial charge in [0.1, 0.15) is 11.8 Å². The van der Waals surface area contributed by atoms with Crippen molar-refractivity contribution >= 4 is 34.4 Å². The summed E-state index contributed by atoms with van der Waals surface area (Å²) in [5, 5.41) is 18.2. The van der Waals surface area contributed by atoms with Crippen LogP contribution in [0, 0.1) is 13.8 Å². The highest BCUT2D eigenvalue weighted by Gasteiger charge is 2.25. The summed E-state index contributed by atoms with van der Waals surface area (Å²) in [6.07, 6.45) is 8.55. The molecule has 10 nitrogen and oxygen atoms in total. The Bertz CT molecular complexity index is 2290. The molecule has 0 unspecified atom stereocenters. The molecule has 3 heterocycles. The Hall–Kier alpha value is -6.16. The van der Waals surface area contributed by atoms with E-state index in [-0.39, 0.29) is 12.3 Å². The van der Waals surface area contributed by atoms with Crippen LogP contribution in [0.2, 0.25) is 0 Å². The summed E-state index contributed by atoms with van der Waals surface area (Å²) in [7, 11) is 0. The van der Waals surface area contributed by atoms with E-state index >= 15 is 0 Å². The van der Waals surface area contributed by atoms with Crippen LogP contribution in [-0.2, 0) is 29.0 Å². The Labute approximate surface area is 308 Å². The van der Waals surface area contributed by atoms with Crippen LogP contribution < -0.4 is 15.0 Å². The molecule has 0 saturated carbocycles. The summed E-state index contributed by atoms with van der Waals surface area (Å²) >= 11 is 0. The summed E-state index contributed by atoms with van der Waals surface area (Å²) in [6.45, 7) is 5.71. The van der Waals surface area contributed by atoms with Crippen LogP contribution >= 0.6 is 0 Å². The number of aliphatic carboxylic acids is 1. The number of para-hydroxylation sites is 1. The number of aryl methyl sites for hydroxylation is 1. The second-order valence-electron chi connectivity index (χ2n) is 13.7. The van der Waals surface area contributed by atoms with Crippen molar-refractivity contribution in [2.24, 2.45) is 0 Å². The number of H-pyrrole nitrogens is 1. The molecule has 6 aromatic rings. The molecule has 7 rings (SSSR count). The van der Waals surface area contributed by atoms with Crippen molar-refractivity contribution in [3.8, 4) is 16.9 Å². The first-order chi connectivity index (χ1) is 25.7. The molecule has 2 aromatic heterocycles. The van der Waals surface area contributed by atoms with Crippen molar-refractivity contribution in [3.05, 3.63) is 137 Å². The van der Waals surface area contributed by atoms with Gasteiger partial charge >= 0.3 is 5.97 Å². The Morgan fingerprint density at radius 2 is 1.83 bits per heavy atom. The Morgan fingerprint density at radius 1 is 1.00 bits per heavy atom. The second-order valence-corrected chi connectivity index (χ2v) is 13.7. The molecule has 0 saturated heterocycles. The number of rotatable bonds is 13. The highest BCUT2D eigenvalue weighted by molar-refractivity contribution is 5.97. The highest BCUT2D eigenvalue weighted by Crippen LogP contribution is 2.36. The molecule has 10 heteroatoms. The van der Waals surface area contributed by atoms with Gasteiger partial charge in [-0.2, -0.15) is 5.10 Å². The Morgan fingerprint density at radius 3 is 2.70 bits per heavy atom. The molecule has 0 aliphatic carbocycles. The summed E-state index contributed by atoms with van der Waals surface area (Å²) in [5.74, 6) is -0.590. The number of carboxylic acids is 1. The summed E-state index contributed by atoms with van der Waals surface area (Å²) in [6, 6.07) is 25.9. The lowest BCUT2D eigenvalue weighted by atomic mass is 9.93. The number of carbonyl (C=O) groups excluding carboxylic acids is 2. The number of fused-ring (bicyclic) bond motifs is 2. The molecule has 53 heavy (non-hydrogen) atoms. The number of ether oxygens (including phenoxy) is 1. The number of aromatic nitrogens is 3. The predicted molar refractivity (Wildman–Crippen MR) is 205 cm³/mol. The Kier molecular flexibility index (Phi) is 10.4. The van der Waals surface area contributed by atoms with Crippen molar-refractivity contribution in [1.29, 1.82) is 0 Å². The lowest BCUT2D eigenvalue weighted by Crippen LogP contribution is -2.42. The third-order valence-electron chi connectivity index (χ3n) is 10.1. The van der Waals surface area contributed by atoms with Gasteiger partial charge in [-0.3, -0.25) is 14.3 Å². The van der Waals surface area contributed by atoms with Crippen molar-refractivity contribution in [1.82, 2.24) is 20.1 Å². The van der Waals surface area contributed by atoms with E-state index in [1.165, 1.54) is 5.56 Å². The number of hydrogen-bond donors (Lipinski definition) is 3. The molecule has 0 bridgehead atoms.